The highest BCUT2D eigenvalue weighted by Crippen LogP contribution is 2.37. The zero-order valence-corrected chi connectivity index (χ0v) is 20.1. The zero-order valence-electron chi connectivity index (χ0n) is 19.3. The van der Waals surface area contributed by atoms with Crippen LogP contribution in [0.1, 0.15) is 92.1 Å². The van der Waals surface area contributed by atoms with Crippen molar-refractivity contribution in [3.63, 3.8) is 0 Å². The molecule has 0 unspecified atom stereocenters. The van der Waals surface area contributed by atoms with Crippen molar-refractivity contribution < 1.29 is 9.53 Å². The molecule has 0 amide bonds. The van der Waals surface area contributed by atoms with Crippen LogP contribution in [0.4, 0.5) is 0 Å². The van der Waals surface area contributed by atoms with Crippen molar-refractivity contribution in [1.29, 1.82) is 0 Å². The molecule has 0 bridgehead atoms. The van der Waals surface area contributed by atoms with Crippen molar-refractivity contribution in [2.45, 2.75) is 88.4 Å². The summed E-state index contributed by atoms with van der Waals surface area (Å²) in [5, 5.41) is 0. The van der Waals surface area contributed by atoms with Crippen LogP contribution in [0.25, 0.3) is 11.3 Å². The van der Waals surface area contributed by atoms with E-state index >= 15 is 0 Å². The maximum atomic E-state index is 12.9. The molecule has 0 spiro atoms. The Morgan fingerprint density at radius 1 is 0.871 bits per heavy atom. The standard InChI is InChI=1S/C27H37NO2S/c1-30-27(29)26-22-17-13-11-9-7-5-3-4-6-8-10-12-16-21(22)23(20-25(26)31-2)24-18-14-15-19-28-24/h14-15,18-20H,3-13,16-17H2,1-2H3. The van der Waals surface area contributed by atoms with Gasteiger partial charge in [-0.1, -0.05) is 63.9 Å². The molecule has 3 nitrogen and oxygen atoms in total. The Labute approximate surface area is 192 Å². The molecule has 0 aliphatic heterocycles. The summed E-state index contributed by atoms with van der Waals surface area (Å²) in [6.07, 6.45) is 20.0. The highest BCUT2D eigenvalue weighted by Gasteiger charge is 2.24. The van der Waals surface area contributed by atoms with Crippen LogP contribution in [0, 0.1) is 0 Å². The van der Waals surface area contributed by atoms with E-state index in [1.165, 1.54) is 81.6 Å². The summed E-state index contributed by atoms with van der Waals surface area (Å²) in [4.78, 5) is 18.6. The lowest BCUT2D eigenvalue weighted by molar-refractivity contribution is 0.0595. The summed E-state index contributed by atoms with van der Waals surface area (Å²) in [7, 11) is 1.50. The SMILES string of the molecule is COC(=O)c1c(SC)cc(-c2ccccn2)c2c1CCCCCCCCCCCCC2. The molecule has 1 heterocycles. The third-order valence-electron chi connectivity index (χ3n) is 6.42. The van der Waals surface area contributed by atoms with Crippen LogP contribution in [0.2, 0.25) is 0 Å². The lowest BCUT2D eigenvalue weighted by Gasteiger charge is -2.21. The van der Waals surface area contributed by atoms with Crippen LogP contribution < -0.4 is 0 Å². The first-order chi connectivity index (χ1) is 15.3. The predicted octanol–water partition coefficient (Wildman–Crippen LogP) is 7.65. The number of esters is 1. The summed E-state index contributed by atoms with van der Waals surface area (Å²) in [6, 6.07) is 8.28. The van der Waals surface area contributed by atoms with Gasteiger partial charge >= 0.3 is 5.97 Å². The molecule has 2 aromatic rings. The summed E-state index contributed by atoms with van der Waals surface area (Å²) < 4.78 is 5.25. The summed E-state index contributed by atoms with van der Waals surface area (Å²) in [5.74, 6) is -0.203. The van der Waals surface area contributed by atoms with E-state index in [0.29, 0.717) is 0 Å². The molecule has 31 heavy (non-hydrogen) atoms. The molecule has 0 radical (unpaired) electrons. The van der Waals surface area contributed by atoms with Crippen LogP contribution >= 0.6 is 11.8 Å². The number of ether oxygens (including phenoxy) is 1. The number of rotatable bonds is 3. The second-order valence-corrected chi connectivity index (χ2v) is 9.40. The molecule has 3 rings (SSSR count). The van der Waals surface area contributed by atoms with Crippen molar-refractivity contribution in [3.05, 3.63) is 47.2 Å². The van der Waals surface area contributed by atoms with E-state index < -0.39 is 0 Å². The van der Waals surface area contributed by atoms with Crippen molar-refractivity contribution in [3.8, 4) is 11.3 Å². The number of aromatic nitrogens is 1. The van der Waals surface area contributed by atoms with E-state index in [2.05, 4.69) is 17.1 Å². The van der Waals surface area contributed by atoms with E-state index in [-0.39, 0.29) is 5.97 Å². The summed E-state index contributed by atoms with van der Waals surface area (Å²) in [5.41, 5.74) is 5.50. The van der Waals surface area contributed by atoms with E-state index in [1.54, 1.807) is 11.8 Å². The molecule has 1 aromatic carbocycles. The van der Waals surface area contributed by atoms with Gasteiger partial charge in [0.2, 0.25) is 0 Å². The molecular weight excluding hydrogens is 402 g/mol. The van der Waals surface area contributed by atoms with Crippen molar-refractivity contribution in [1.82, 2.24) is 4.98 Å². The van der Waals surface area contributed by atoms with Gasteiger partial charge in [-0.05, 0) is 61.3 Å². The van der Waals surface area contributed by atoms with Gasteiger partial charge in [-0.25, -0.2) is 4.79 Å². The lowest BCUT2D eigenvalue weighted by Crippen LogP contribution is -2.12. The second kappa shape index (κ2) is 12.9. The Balaban J connectivity index is 2.07. The average Bonchev–Trinajstić information content (AvgIpc) is 2.82. The van der Waals surface area contributed by atoms with Crippen LogP contribution in [0.3, 0.4) is 0 Å². The van der Waals surface area contributed by atoms with Gasteiger partial charge in [-0.3, -0.25) is 4.98 Å². The number of benzene rings is 1. The Kier molecular flexibility index (Phi) is 9.92. The van der Waals surface area contributed by atoms with Crippen LogP contribution in [0.15, 0.2) is 35.4 Å². The van der Waals surface area contributed by atoms with E-state index in [0.717, 1.165) is 41.8 Å². The average molecular weight is 440 g/mol. The third-order valence-corrected chi connectivity index (χ3v) is 7.18. The second-order valence-electron chi connectivity index (χ2n) is 8.55. The maximum absolute atomic E-state index is 12.9. The van der Waals surface area contributed by atoms with E-state index in [1.807, 2.05) is 24.6 Å². The number of hydrogen-bond donors (Lipinski definition) is 0. The predicted molar refractivity (Wildman–Crippen MR) is 131 cm³/mol. The van der Waals surface area contributed by atoms with Crippen molar-refractivity contribution in [2.24, 2.45) is 0 Å². The number of carbonyl (C=O) groups excluding carboxylic acids is 1. The minimum Gasteiger partial charge on any atom is -0.465 e. The first-order valence-corrected chi connectivity index (χ1v) is 13.2. The molecule has 0 N–H and O–H groups in total. The number of thioether (sulfide) groups is 1. The molecule has 1 aromatic heterocycles. The molecule has 4 heteroatoms. The third kappa shape index (κ3) is 6.58. The molecule has 1 aliphatic carbocycles. The first kappa shape index (κ1) is 23.8. The number of hydrogen-bond acceptors (Lipinski definition) is 4. The van der Waals surface area contributed by atoms with Gasteiger partial charge in [0.15, 0.2) is 0 Å². The van der Waals surface area contributed by atoms with E-state index in [4.69, 9.17) is 4.74 Å². The molecule has 0 saturated heterocycles. The smallest absolute Gasteiger partial charge is 0.339 e. The highest BCUT2D eigenvalue weighted by atomic mass is 32.2. The van der Waals surface area contributed by atoms with Crippen molar-refractivity contribution in [2.75, 3.05) is 13.4 Å². The van der Waals surface area contributed by atoms with Gasteiger partial charge < -0.3 is 4.74 Å². The number of carbonyl (C=O) groups is 1. The summed E-state index contributed by atoms with van der Waals surface area (Å²) >= 11 is 1.63. The fourth-order valence-electron chi connectivity index (χ4n) is 4.75. The number of nitrogens with zero attached hydrogens (tertiary/aromatic N) is 1. The fraction of sp³-hybridized carbons (Fsp3) is 0.556. The maximum Gasteiger partial charge on any atom is 0.339 e. The number of fused-ring (bicyclic) bond motifs is 1. The lowest BCUT2D eigenvalue weighted by atomic mass is 9.87. The fourth-order valence-corrected chi connectivity index (χ4v) is 5.39. The Morgan fingerprint density at radius 2 is 1.45 bits per heavy atom. The Morgan fingerprint density at radius 3 is 1.97 bits per heavy atom. The Hall–Kier alpha value is -1.81. The zero-order chi connectivity index (χ0) is 21.9. The van der Waals surface area contributed by atoms with Gasteiger partial charge in [-0.15, -0.1) is 11.8 Å². The quantitative estimate of drug-likeness (QED) is 0.364. The molecule has 0 saturated carbocycles. The topological polar surface area (TPSA) is 39.2 Å². The van der Waals surface area contributed by atoms with Gasteiger partial charge in [0.05, 0.1) is 18.4 Å². The van der Waals surface area contributed by atoms with Gasteiger partial charge in [0.25, 0.3) is 0 Å². The first-order valence-electron chi connectivity index (χ1n) is 12.0. The van der Waals surface area contributed by atoms with Crippen LogP contribution in [-0.4, -0.2) is 24.3 Å². The normalized spacial score (nSPS) is 16.6. The molecule has 1 aliphatic rings. The minimum absolute atomic E-state index is 0.203. The number of pyridine rings is 1. The molecular formula is C27H37NO2S. The van der Waals surface area contributed by atoms with Crippen LogP contribution in [-0.2, 0) is 17.6 Å². The van der Waals surface area contributed by atoms with Gasteiger partial charge in [0.1, 0.15) is 0 Å². The van der Waals surface area contributed by atoms with Crippen LogP contribution in [0.5, 0.6) is 0 Å². The Bertz CT molecular complexity index is 835. The molecule has 168 valence electrons. The largest absolute Gasteiger partial charge is 0.465 e. The minimum atomic E-state index is -0.203. The highest BCUT2D eigenvalue weighted by molar-refractivity contribution is 7.98. The molecule has 0 atom stereocenters. The van der Waals surface area contributed by atoms with Gasteiger partial charge in [0, 0.05) is 16.7 Å². The summed E-state index contributed by atoms with van der Waals surface area (Å²) in [6.45, 7) is 0. The monoisotopic (exact) mass is 439 g/mol. The van der Waals surface area contributed by atoms with Crippen molar-refractivity contribution >= 4 is 17.7 Å². The number of methoxy groups -OCH3 is 1. The van der Waals surface area contributed by atoms with Gasteiger partial charge in [-0.2, -0.15) is 0 Å². The van der Waals surface area contributed by atoms with E-state index in [9.17, 15) is 4.79 Å². The molecule has 0 fully saturated rings.